The number of carbonyl (C=O) groups is 4. The van der Waals surface area contributed by atoms with Crippen LogP contribution in [0.1, 0.15) is 33.6 Å². The van der Waals surface area contributed by atoms with Gasteiger partial charge in [0.05, 0.1) is 0 Å². The van der Waals surface area contributed by atoms with Gasteiger partial charge in [0, 0.05) is 24.8 Å². The lowest BCUT2D eigenvalue weighted by atomic mass is 10.1. The molecule has 0 unspecified atom stereocenters. The third kappa shape index (κ3) is 11.3. The molecular weight excluding hydrogens is 456 g/mol. The van der Waals surface area contributed by atoms with Gasteiger partial charge >= 0.3 is 11.9 Å². The molecule has 184 valence electrons. The molecule has 1 heterocycles. The molecule has 14 nitrogen and oxygen atoms in total. The zero-order chi connectivity index (χ0) is 25.0. The van der Waals surface area contributed by atoms with Crippen LogP contribution in [0.4, 0.5) is 11.9 Å². The van der Waals surface area contributed by atoms with Crippen LogP contribution >= 0.6 is 11.8 Å². The Labute approximate surface area is 194 Å². The fourth-order valence-corrected chi connectivity index (χ4v) is 3.14. The summed E-state index contributed by atoms with van der Waals surface area (Å²) >= 11 is 1.06. The summed E-state index contributed by atoms with van der Waals surface area (Å²) in [6.45, 7) is 5.65. The van der Waals surface area contributed by atoms with Crippen molar-refractivity contribution >= 4 is 47.4 Å². The normalized spacial score (nSPS) is 12.5. The Hall–Kier alpha value is -3.20. The third-order valence-corrected chi connectivity index (χ3v) is 4.75. The first-order chi connectivity index (χ1) is 15.5. The Morgan fingerprint density at radius 1 is 1.09 bits per heavy atom. The average molecular weight is 487 g/mol. The van der Waals surface area contributed by atoms with E-state index >= 15 is 0 Å². The number of amides is 2. The summed E-state index contributed by atoms with van der Waals surface area (Å²) in [6, 6.07) is -2.28. The number of aliphatic carboxylic acids is 2. The third-order valence-electron chi connectivity index (χ3n) is 3.81. The topological polar surface area (TPSA) is 222 Å². The van der Waals surface area contributed by atoms with Gasteiger partial charge in [-0.15, -0.1) is 0 Å². The van der Waals surface area contributed by atoms with Gasteiger partial charge in [0.2, 0.25) is 23.7 Å². The predicted molar refractivity (Wildman–Crippen MR) is 121 cm³/mol. The highest BCUT2D eigenvalue weighted by Crippen LogP contribution is 2.18. The van der Waals surface area contributed by atoms with E-state index in [9.17, 15) is 19.2 Å². The van der Waals surface area contributed by atoms with Crippen LogP contribution in [0.15, 0.2) is 5.16 Å². The van der Waals surface area contributed by atoms with Crippen LogP contribution in [0, 0.1) is 0 Å². The quantitative estimate of drug-likeness (QED) is 0.149. The second kappa shape index (κ2) is 14.1. The largest absolute Gasteiger partial charge is 0.480 e. The number of aromatic nitrogens is 3. The Morgan fingerprint density at radius 3 is 2.33 bits per heavy atom. The van der Waals surface area contributed by atoms with E-state index < -0.39 is 42.4 Å². The maximum atomic E-state index is 12.4. The van der Waals surface area contributed by atoms with Gasteiger partial charge in [-0.2, -0.15) is 15.0 Å². The second-order valence-corrected chi connectivity index (χ2v) is 8.11. The molecule has 0 aliphatic heterocycles. The van der Waals surface area contributed by atoms with Crippen molar-refractivity contribution in [3.8, 4) is 0 Å². The number of carboxylic acid groups (broad SMARTS) is 2. The van der Waals surface area contributed by atoms with Crippen LogP contribution in [0.2, 0.25) is 0 Å². The van der Waals surface area contributed by atoms with Gasteiger partial charge in [-0.1, -0.05) is 11.8 Å². The molecule has 1 aromatic rings. The number of anilines is 2. The molecule has 2 atom stereocenters. The summed E-state index contributed by atoms with van der Waals surface area (Å²) in [5, 5.41) is 28.6. The fraction of sp³-hybridized carbons (Fsp3) is 0.611. The van der Waals surface area contributed by atoms with E-state index in [0.29, 0.717) is 18.4 Å². The second-order valence-electron chi connectivity index (χ2n) is 7.12. The maximum absolute atomic E-state index is 12.4. The van der Waals surface area contributed by atoms with Gasteiger partial charge in [0.25, 0.3) is 0 Å². The first kappa shape index (κ1) is 27.8. The van der Waals surface area contributed by atoms with Gasteiger partial charge in [-0.05, 0) is 27.2 Å². The Morgan fingerprint density at radius 2 is 1.76 bits per heavy atom. The van der Waals surface area contributed by atoms with Crippen molar-refractivity contribution in [2.24, 2.45) is 5.73 Å². The van der Waals surface area contributed by atoms with E-state index in [4.69, 9.17) is 15.9 Å². The van der Waals surface area contributed by atoms with E-state index in [2.05, 4.69) is 36.2 Å². The monoisotopic (exact) mass is 486 g/mol. The Balaban J connectivity index is 2.92. The summed E-state index contributed by atoms with van der Waals surface area (Å²) in [6.07, 6.45) is -0.346. The van der Waals surface area contributed by atoms with Crippen LogP contribution in [0.3, 0.4) is 0 Å². The van der Waals surface area contributed by atoms with E-state index in [-0.39, 0.29) is 29.8 Å². The molecule has 33 heavy (non-hydrogen) atoms. The number of rotatable bonds is 15. The number of hydrogen-bond donors (Lipinski definition) is 7. The van der Waals surface area contributed by atoms with Crippen molar-refractivity contribution < 1.29 is 29.4 Å². The molecular formula is C18H30N8O6S. The van der Waals surface area contributed by atoms with Crippen molar-refractivity contribution in [1.29, 1.82) is 0 Å². The van der Waals surface area contributed by atoms with Crippen LogP contribution in [-0.2, 0) is 19.2 Å². The molecule has 8 N–H and O–H groups in total. The van der Waals surface area contributed by atoms with Crippen LogP contribution in [0.25, 0.3) is 0 Å². The number of hydrogen-bond acceptors (Lipinski definition) is 11. The molecule has 0 radical (unpaired) electrons. The highest BCUT2D eigenvalue weighted by molar-refractivity contribution is 7.99. The van der Waals surface area contributed by atoms with Crippen molar-refractivity contribution in [2.45, 2.75) is 56.9 Å². The number of nitrogens with one attached hydrogen (secondary N) is 4. The Kier molecular flexibility index (Phi) is 11.9. The minimum Gasteiger partial charge on any atom is -0.480 e. The molecule has 0 saturated heterocycles. The van der Waals surface area contributed by atoms with Crippen molar-refractivity contribution in [3.05, 3.63) is 0 Å². The Bertz CT molecular complexity index is 840. The molecule has 0 aromatic carbocycles. The van der Waals surface area contributed by atoms with Crippen molar-refractivity contribution in [3.63, 3.8) is 0 Å². The SMILES string of the molecule is CCNc1nc(NC(C)C)nc(SC[C@H](NC(=O)CC[C@@H](N)C(=O)O)C(=O)NCC(=O)O)n1. The first-order valence-electron chi connectivity index (χ1n) is 10.2. The van der Waals surface area contributed by atoms with Crippen molar-refractivity contribution in [1.82, 2.24) is 25.6 Å². The number of carbonyl (C=O) groups excluding carboxylic acids is 2. The highest BCUT2D eigenvalue weighted by atomic mass is 32.2. The molecule has 0 fully saturated rings. The minimum atomic E-state index is -1.24. The molecule has 0 spiro atoms. The first-order valence-corrected chi connectivity index (χ1v) is 11.2. The van der Waals surface area contributed by atoms with Crippen LogP contribution < -0.4 is 27.0 Å². The standard InChI is InChI=1S/C18H30N8O6S/c1-4-20-16-24-17(22-9(2)3)26-18(25-16)33-8-11(14(30)21-7-13(28)29)23-12(27)6-5-10(19)15(31)32/h9-11H,4-8,19H2,1-3H3,(H,21,30)(H,23,27)(H,28,29)(H,31,32)(H2,20,22,24,25,26)/t10-,11+/m1/s1. The molecule has 0 saturated carbocycles. The summed E-state index contributed by atoms with van der Waals surface area (Å²) in [4.78, 5) is 59.0. The van der Waals surface area contributed by atoms with E-state index in [0.717, 1.165) is 11.8 Å². The summed E-state index contributed by atoms with van der Waals surface area (Å²) < 4.78 is 0. The number of nitrogens with zero attached hydrogens (tertiary/aromatic N) is 3. The minimum absolute atomic E-state index is 0.0150. The van der Waals surface area contributed by atoms with Crippen LogP contribution in [0.5, 0.6) is 0 Å². The highest BCUT2D eigenvalue weighted by Gasteiger charge is 2.23. The molecule has 15 heteroatoms. The fourth-order valence-electron chi connectivity index (χ4n) is 2.28. The molecule has 1 rings (SSSR count). The van der Waals surface area contributed by atoms with Gasteiger partial charge in [-0.25, -0.2) is 0 Å². The van der Waals surface area contributed by atoms with Gasteiger partial charge in [0.15, 0.2) is 5.16 Å². The molecule has 1 aromatic heterocycles. The number of nitrogens with two attached hydrogens (primary N) is 1. The lowest BCUT2D eigenvalue weighted by Gasteiger charge is -2.18. The van der Waals surface area contributed by atoms with Gasteiger partial charge in [0.1, 0.15) is 18.6 Å². The van der Waals surface area contributed by atoms with E-state index in [1.807, 2.05) is 20.8 Å². The zero-order valence-corrected chi connectivity index (χ0v) is 19.4. The number of carboxylic acids is 2. The summed E-state index contributed by atoms with van der Waals surface area (Å²) in [5.74, 6) is -3.17. The lowest BCUT2D eigenvalue weighted by Crippen LogP contribution is -2.49. The van der Waals surface area contributed by atoms with Gasteiger partial charge < -0.3 is 37.2 Å². The molecule has 0 aliphatic rings. The maximum Gasteiger partial charge on any atom is 0.322 e. The number of thioether (sulfide) groups is 1. The summed E-state index contributed by atoms with van der Waals surface area (Å²) in [5.41, 5.74) is 5.40. The van der Waals surface area contributed by atoms with Gasteiger partial charge in [-0.3, -0.25) is 19.2 Å². The van der Waals surface area contributed by atoms with Crippen molar-refractivity contribution in [2.75, 3.05) is 29.5 Å². The van der Waals surface area contributed by atoms with E-state index in [1.54, 1.807) is 0 Å². The van der Waals surface area contributed by atoms with Crippen LogP contribution in [-0.4, -0.2) is 85.9 Å². The average Bonchev–Trinajstić information content (AvgIpc) is 2.72. The lowest BCUT2D eigenvalue weighted by molar-refractivity contribution is -0.139. The molecule has 2 amide bonds. The summed E-state index contributed by atoms with van der Waals surface area (Å²) in [7, 11) is 0. The zero-order valence-electron chi connectivity index (χ0n) is 18.6. The van der Waals surface area contributed by atoms with E-state index in [1.165, 1.54) is 0 Å². The molecule has 0 bridgehead atoms. The smallest absolute Gasteiger partial charge is 0.322 e. The molecule has 0 aliphatic carbocycles. The predicted octanol–water partition coefficient (Wildman–Crippen LogP) is -0.906.